The molecular formula is C25H21Cl4N3O2. The fourth-order valence-electron chi connectivity index (χ4n) is 3.84. The van der Waals surface area contributed by atoms with E-state index in [-0.39, 0.29) is 16.5 Å². The Hall–Kier alpha value is -2.44. The molecule has 4 rings (SSSR count). The lowest BCUT2D eigenvalue weighted by Crippen LogP contribution is -2.29. The van der Waals surface area contributed by atoms with Crippen LogP contribution in [0.4, 0.5) is 11.4 Å². The lowest BCUT2D eigenvalue weighted by Gasteiger charge is -2.12. The Kier molecular flexibility index (Phi) is 7.02. The second kappa shape index (κ2) is 9.67. The smallest absolute Gasteiger partial charge is 0.271 e. The van der Waals surface area contributed by atoms with Crippen LogP contribution in [0, 0.1) is 19.8 Å². The van der Waals surface area contributed by atoms with Crippen molar-refractivity contribution in [3.8, 4) is 0 Å². The van der Waals surface area contributed by atoms with Crippen molar-refractivity contribution in [2.75, 3.05) is 10.7 Å². The van der Waals surface area contributed by atoms with Gasteiger partial charge in [0.15, 0.2) is 0 Å². The Morgan fingerprint density at radius 3 is 2.21 bits per heavy atom. The van der Waals surface area contributed by atoms with E-state index in [0.29, 0.717) is 10.7 Å². The van der Waals surface area contributed by atoms with E-state index in [1.54, 1.807) is 12.1 Å². The number of carbonyl (C=O) groups is 2. The first-order chi connectivity index (χ1) is 16.1. The minimum atomic E-state index is -1.26. The first-order valence-corrected chi connectivity index (χ1v) is 12.0. The molecule has 3 aromatic rings. The molecule has 0 bridgehead atoms. The van der Waals surface area contributed by atoms with Crippen LogP contribution in [0.25, 0.3) is 0 Å². The summed E-state index contributed by atoms with van der Waals surface area (Å²) in [5.74, 6) is -1.89. The number of hydrogen-bond donors (Lipinski definition) is 3. The summed E-state index contributed by atoms with van der Waals surface area (Å²) in [4.78, 5) is 25.7. The monoisotopic (exact) mass is 535 g/mol. The van der Waals surface area contributed by atoms with Crippen molar-refractivity contribution >= 4 is 69.6 Å². The number of nitrogens with one attached hydrogen (secondary N) is 3. The molecule has 5 nitrogen and oxygen atoms in total. The average Bonchev–Trinajstić information content (AvgIpc) is 3.36. The minimum Gasteiger partial charge on any atom is -0.326 e. The van der Waals surface area contributed by atoms with Crippen LogP contribution in [-0.4, -0.2) is 16.1 Å². The molecular weight excluding hydrogens is 516 g/mol. The van der Waals surface area contributed by atoms with Crippen molar-refractivity contribution in [3.05, 3.63) is 93.0 Å². The van der Waals surface area contributed by atoms with Crippen LogP contribution in [0.5, 0.6) is 0 Å². The maximum atomic E-state index is 13.0. The molecule has 3 aromatic carbocycles. The van der Waals surface area contributed by atoms with Crippen LogP contribution in [0.3, 0.4) is 0 Å². The van der Waals surface area contributed by atoms with Gasteiger partial charge < -0.3 is 5.32 Å². The maximum Gasteiger partial charge on any atom is 0.271 e. The van der Waals surface area contributed by atoms with E-state index in [1.165, 1.54) is 12.1 Å². The summed E-state index contributed by atoms with van der Waals surface area (Å²) in [5, 5.41) is 3.58. The quantitative estimate of drug-likeness (QED) is 0.237. The molecule has 2 atom stereocenters. The van der Waals surface area contributed by atoms with E-state index in [4.69, 9.17) is 46.4 Å². The molecule has 0 saturated heterocycles. The minimum absolute atomic E-state index is 0.194. The zero-order valence-corrected chi connectivity index (χ0v) is 21.3. The largest absolute Gasteiger partial charge is 0.326 e. The highest BCUT2D eigenvalue weighted by atomic mass is 35.5. The van der Waals surface area contributed by atoms with Crippen LogP contribution in [0.15, 0.2) is 60.7 Å². The summed E-state index contributed by atoms with van der Waals surface area (Å²) in [6.45, 7) is 3.88. The van der Waals surface area contributed by atoms with E-state index >= 15 is 0 Å². The molecule has 34 heavy (non-hydrogen) atoms. The van der Waals surface area contributed by atoms with Crippen LogP contribution in [-0.2, 0) is 4.79 Å². The number of hydrogen-bond acceptors (Lipinski definition) is 3. The first kappa shape index (κ1) is 24.7. The highest BCUT2D eigenvalue weighted by molar-refractivity contribution is 6.53. The molecule has 0 aliphatic heterocycles. The Morgan fingerprint density at radius 1 is 0.853 bits per heavy atom. The summed E-state index contributed by atoms with van der Waals surface area (Å²) >= 11 is 25.3. The fourth-order valence-corrected chi connectivity index (χ4v) is 5.17. The standard InChI is InChI=1S/C25H21Cl4N3O2/c1-13-3-5-17(6-4-13)31-32-23(33)19-12-18(7-8-20(19)27)30-24(34)22-21(25(22,28)29)15-9-14(2)10-16(26)11-15/h3-12,21-22,31H,1-2H3,(H,30,34)(H,32,33). The molecule has 176 valence electrons. The Labute approximate surface area is 217 Å². The predicted octanol–water partition coefficient (Wildman–Crippen LogP) is 6.89. The van der Waals surface area contributed by atoms with E-state index in [2.05, 4.69) is 16.2 Å². The number of halogens is 4. The topological polar surface area (TPSA) is 70.2 Å². The third-order valence-electron chi connectivity index (χ3n) is 5.61. The van der Waals surface area contributed by atoms with Crippen molar-refractivity contribution in [2.45, 2.75) is 24.1 Å². The van der Waals surface area contributed by atoms with Gasteiger partial charge in [-0.15, -0.1) is 23.2 Å². The molecule has 1 fully saturated rings. The van der Waals surface area contributed by atoms with Gasteiger partial charge in [0.1, 0.15) is 4.33 Å². The van der Waals surface area contributed by atoms with Gasteiger partial charge in [0.2, 0.25) is 5.91 Å². The lowest BCUT2D eigenvalue weighted by molar-refractivity contribution is -0.117. The van der Waals surface area contributed by atoms with Crippen LogP contribution >= 0.6 is 46.4 Å². The normalized spacial score (nSPS) is 18.2. The second-order valence-electron chi connectivity index (χ2n) is 8.32. The van der Waals surface area contributed by atoms with Crippen molar-refractivity contribution in [1.82, 2.24) is 5.43 Å². The van der Waals surface area contributed by atoms with Crippen molar-refractivity contribution < 1.29 is 9.59 Å². The Bertz CT molecular complexity index is 1240. The summed E-state index contributed by atoms with van der Waals surface area (Å²) in [5.41, 5.74) is 9.60. The summed E-state index contributed by atoms with van der Waals surface area (Å²) < 4.78 is -1.26. The average molecular weight is 537 g/mol. The third kappa shape index (κ3) is 5.28. The molecule has 0 heterocycles. The number of benzene rings is 3. The Balaban J connectivity index is 1.45. The zero-order chi connectivity index (χ0) is 24.6. The molecule has 0 aromatic heterocycles. The van der Waals surface area contributed by atoms with Gasteiger partial charge in [-0.3, -0.25) is 20.4 Å². The molecule has 0 spiro atoms. The first-order valence-electron chi connectivity index (χ1n) is 10.4. The number of anilines is 2. The maximum absolute atomic E-state index is 13.0. The SMILES string of the molecule is Cc1ccc(NNC(=O)c2cc(NC(=O)C3C(c4cc(C)cc(Cl)c4)C3(Cl)Cl)ccc2Cl)cc1. The number of rotatable bonds is 6. The lowest BCUT2D eigenvalue weighted by atomic mass is 10.1. The third-order valence-corrected chi connectivity index (χ3v) is 7.10. The van der Waals surface area contributed by atoms with E-state index in [9.17, 15) is 9.59 Å². The molecule has 2 amide bonds. The fraction of sp³-hybridized carbons (Fsp3) is 0.200. The number of amides is 2. The second-order valence-corrected chi connectivity index (χ2v) is 10.6. The molecule has 1 saturated carbocycles. The number of hydrazine groups is 1. The van der Waals surface area contributed by atoms with Crippen LogP contribution in [0.1, 0.15) is 33.0 Å². The summed E-state index contributed by atoms with van der Waals surface area (Å²) in [6, 6.07) is 17.7. The van der Waals surface area contributed by atoms with Crippen molar-refractivity contribution in [2.24, 2.45) is 5.92 Å². The number of aryl methyl sites for hydroxylation is 2. The van der Waals surface area contributed by atoms with Gasteiger partial charge in [-0.1, -0.05) is 47.0 Å². The number of carbonyl (C=O) groups excluding carboxylic acids is 2. The van der Waals surface area contributed by atoms with Crippen molar-refractivity contribution in [1.29, 1.82) is 0 Å². The van der Waals surface area contributed by atoms with Gasteiger partial charge in [0, 0.05) is 16.6 Å². The summed E-state index contributed by atoms with van der Waals surface area (Å²) in [7, 11) is 0. The van der Waals surface area contributed by atoms with Gasteiger partial charge >= 0.3 is 0 Å². The van der Waals surface area contributed by atoms with Gasteiger partial charge in [0.25, 0.3) is 5.91 Å². The van der Waals surface area contributed by atoms with Crippen LogP contribution < -0.4 is 16.2 Å². The molecule has 0 radical (unpaired) electrons. The van der Waals surface area contributed by atoms with E-state index in [1.807, 2.05) is 50.2 Å². The van der Waals surface area contributed by atoms with Gasteiger partial charge in [-0.05, 0) is 67.4 Å². The molecule has 1 aliphatic carbocycles. The van der Waals surface area contributed by atoms with Gasteiger partial charge in [-0.25, -0.2) is 0 Å². The van der Waals surface area contributed by atoms with E-state index in [0.717, 1.165) is 22.4 Å². The van der Waals surface area contributed by atoms with E-state index < -0.39 is 22.1 Å². The highest BCUT2D eigenvalue weighted by Crippen LogP contribution is 2.65. The van der Waals surface area contributed by atoms with Crippen LogP contribution in [0.2, 0.25) is 10.0 Å². The predicted molar refractivity (Wildman–Crippen MR) is 139 cm³/mol. The van der Waals surface area contributed by atoms with Gasteiger partial charge in [-0.2, -0.15) is 0 Å². The van der Waals surface area contributed by atoms with Crippen molar-refractivity contribution in [3.63, 3.8) is 0 Å². The highest BCUT2D eigenvalue weighted by Gasteiger charge is 2.67. The molecule has 3 N–H and O–H groups in total. The molecule has 1 aliphatic rings. The zero-order valence-electron chi connectivity index (χ0n) is 18.3. The number of alkyl halides is 2. The molecule has 9 heteroatoms. The Morgan fingerprint density at radius 2 is 1.53 bits per heavy atom. The summed E-state index contributed by atoms with van der Waals surface area (Å²) in [6.07, 6.45) is 0. The molecule has 2 unspecified atom stereocenters. The van der Waals surface area contributed by atoms with Gasteiger partial charge in [0.05, 0.1) is 22.2 Å².